The monoisotopic (exact) mass is 606 g/mol. The van der Waals surface area contributed by atoms with Crippen LogP contribution in [0.5, 0.6) is 5.75 Å². The summed E-state index contributed by atoms with van der Waals surface area (Å²) in [5.74, 6) is -6.97. The normalized spacial score (nSPS) is 22.2. The standard InChI is InChI=1S/C25H22F8N6O3/c26-15-8-38(22(41)12-3-4-24(29,30)7-12)9-16(15)37-21(40)13-5-11(1-2-18(13)42-23(27)28)17-6-14(25(31,32)33)19-20(34)35-10-36-39(17)19/h1-2,5-6,10,12,15-16,23H,3-4,7-9H2,(H,37,40)(H2,34,35,36)/t12?,15-,16+/m0/s1. The van der Waals surface area contributed by atoms with Gasteiger partial charge < -0.3 is 20.7 Å². The Hall–Kier alpha value is -4.18. The highest BCUT2D eigenvalue weighted by molar-refractivity contribution is 5.98. The molecule has 1 aliphatic heterocycles. The smallest absolute Gasteiger partial charge is 0.418 e. The first-order chi connectivity index (χ1) is 19.6. The number of carbonyl (C=O) groups is 2. The summed E-state index contributed by atoms with van der Waals surface area (Å²) in [6.45, 7) is -4.24. The largest absolute Gasteiger partial charge is 0.434 e. The maximum atomic E-state index is 14.9. The fraction of sp³-hybridized carbons (Fsp3) is 0.440. The van der Waals surface area contributed by atoms with Crippen LogP contribution in [0.2, 0.25) is 0 Å². The van der Waals surface area contributed by atoms with Crippen molar-refractivity contribution >= 4 is 23.1 Å². The van der Waals surface area contributed by atoms with Crippen LogP contribution in [-0.2, 0) is 11.0 Å². The van der Waals surface area contributed by atoms with E-state index < -0.39 is 96.3 Å². The number of alkyl halides is 8. The molecule has 2 aromatic heterocycles. The van der Waals surface area contributed by atoms with Crippen LogP contribution in [0, 0.1) is 5.92 Å². The first-order valence-electron chi connectivity index (χ1n) is 12.5. The van der Waals surface area contributed by atoms with Crippen LogP contribution in [0.4, 0.5) is 40.9 Å². The molecule has 1 aromatic carbocycles. The first kappa shape index (κ1) is 29.3. The van der Waals surface area contributed by atoms with E-state index in [2.05, 4.69) is 20.1 Å². The SMILES string of the molecule is Nc1ncnn2c(-c3ccc(OC(F)F)c(C(=O)N[C@@H]4CN(C(=O)C5CCC(F)(F)C5)C[C@@H]4F)c3)cc(C(F)(F)F)c12. The van der Waals surface area contributed by atoms with Gasteiger partial charge in [0.05, 0.1) is 29.4 Å². The Morgan fingerprint density at radius 2 is 1.90 bits per heavy atom. The lowest BCUT2D eigenvalue weighted by Gasteiger charge is -2.20. The van der Waals surface area contributed by atoms with Crippen LogP contribution < -0.4 is 15.8 Å². The number of halogens is 8. The van der Waals surface area contributed by atoms with Crippen molar-refractivity contribution in [3.8, 4) is 17.0 Å². The van der Waals surface area contributed by atoms with Crippen LogP contribution in [0.1, 0.15) is 35.2 Å². The van der Waals surface area contributed by atoms with E-state index in [9.17, 15) is 44.7 Å². The predicted octanol–water partition coefficient (Wildman–Crippen LogP) is 4.31. The molecular weight excluding hydrogens is 584 g/mol. The summed E-state index contributed by atoms with van der Waals surface area (Å²) in [4.78, 5) is 30.5. The molecule has 42 heavy (non-hydrogen) atoms. The Bertz CT molecular complexity index is 1530. The Labute approximate surface area is 231 Å². The molecule has 17 heteroatoms. The molecule has 1 unspecified atom stereocenters. The molecule has 3 heterocycles. The van der Waals surface area contributed by atoms with Crippen LogP contribution in [-0.4, -0.2) is 69.1 Å². The van der Waals surface area contributed by atoms with Crippen LogP contribution in [0.25, 0.3) is 16.8 Å². The van der Waals surface area contributed by atoms with Gasteiger partial charge in [-0.25, -0.2) is 22.7 Å². The highest BCUT2D eigenvalue weighted by Crippen LogP contribution is 2.41. The van der Waals surface area contributed by atoms with Crippen molar-refractivity contribution in [3.63, 3.8) is 0 Å². The van der Waals surface area contributed by atoms with E-state index in [-0.39, 0.29) is 24.2 Å². The zero-order valence-corrected chi connectivity index (χ0v) is 21.3. The van der Waals surface area contributed by atoms with Gasteiger partial charge in [0.1, 0.15) is 23.8 Å². The van der Waals surface area contributed by atoms with Crippen molar-refractivity contribution in [1.29, 1.82) is 0 Å². The maximum absolute atomic E-state index is 14.9. The molecule has 226 valence electrons. The molecule has 1 saturated heterocycles. The summed E-state index contributed by atoms with van der Waals surface area (Å²) >= 11 is 0. The molecule has 1 saturated carbocycles. The third-order valence-corrected chi connectivity index (χ3v) is 7.25. The molecule has 0 bridgehead atoms. The molecule has 1 aliphatic carbocycles. The van der Waals surface area contributed by atoms with Gasteiger partial charge in [0, 0.05) is 30.9 Å². The number of hydrogen-bond acceptors (Lipinski definition) is 6. The second-order valence-corrected chi connectivity index (χ2v) is 10.1. The molecule has 0 spiro atoms. The van der Waals surface area contributed by atoms with Crippen molar-refractivity contribution in [3.05, 3.63) is 41.7 Å². The van der Waals surface area contributed by atoms with Gasteiger partial charge in [-0.3, -0.25) is 9.59 Å². The maximum Gasteiger partial charge on any atom is 0.418 e. The number of fused-ring (bicyclic) bond motifs is 1. The van der Waals surface area contributed by atoms with Gasteiger partial charge in [-0.15, -0.1) is 0 Å². The first-order valence-corrected chi connectivity index (χ1v) is 12.5. The highest BCUT2D eigenvalue weighted by atomic mass is 19.4. The molecule has 5 rings (SSSR count). The fourth-order valence-corrected chi connectivity index (χ4v) is 5.30. The average molecular weight is 606 g/mol. The zero-order valence-electron chi connectivity index (χ0n) is 21.3. The zero-order chi connectivity index (χ0) is 30.6. The number of aromatic nitrogens is 3. The number of nitrogen functional groups attached to an aromatic ring is 1. The van der Waals surface area contributed by atoms with E-state index >= 15 is 0 Å². The number of amides is 2. The number of rotatable bonds is 6. The summed E-state index contributed by atoms with van der Waals surface area (Å²) in [6.07, 6.45) is -7.00. The van der Waals surface area contributed by atoms with Gasteiger partial charge in [0.15, 0.2) is 5.82 Å². The molecule has 9 nitrogen and oxygen atoms in total. The minimum Gasteiger partial charge on any atom is -0.434 e. The lowest BCUT2D eigenvalue weighted by molar-refractivity contribution is -0.136. The van der Waals surface area contributed by atoms with Gasteiger partial charge in [-0.2, -0.15) is 27.1 Å². The summed E-state index contributed by atoms with van der Waals surface area (Å²) < 4.78 is 115. The fourth-order valence-electron chi connectivity index (χ4n) is 5.30. The number of ether oxygens (including phenoxy) is 1. The number of anilines is 1. The second kappa shape index (κ2) is 10.6. The molecule has 2 amide bonds. The third kappa shape index (κ3) is 5.63. The molecule has 3 atom stereocenters. The lowest BCUT2D eigenvalue weighted by atomic mass is 10.1. The number of nitrogens with two attached hydrogens (primary N) is 1. The van der Waals surface area contributed by atoms with Crippen LogP contribution in [0.3, 0.4) is 0 Å². The van der Waals surface area contributed by atoms with Crippen LogP contribution in [0.15, 0.2) is 30.6 Å². The van der Waals surface area contributed by atoms with E-state index in [1.54, 1.807) is 0 Å². The topological polar surface area (TPSA) is 115 Å². The minimum atomic E-state index is -4.88. The van der Waals surface area contributed by atoms with Gasteiger partial charge in [-0.05, 0) is 30.7 Å². The van der Waals surface area contributed by atoms with Gasteiger partial charge in [-0.1, -0.05) is 0 Å². The van der Waals surface area contributed by atoms with Crippen molar-refractivity contribution in [1.82, 2.24) is 24.8 Å². The van der Waals surface area contributed by atoms with Crippen molar-refractivity contribution in [2.45, 2.75) is 50.2 Å². The minimum absolute atomic E-state index is 0.0710. The Kier molecular flexibility index (Phi) is 7.39. The lowest BCUT2D eigenvalue weighted by Crippen LogP contribution is -2.42. The molecule has 0 radical (unpaired) electrons. The molecule has 2 aliphatic rings. The quantitative estimate of drug-likeness (QED) is 0.405. The van der Waals surface area contributed by atoms with E-state index in [0.717, 1.165) is 33.9 Å². The van der Waals surface area contributed by atoms with E-state index in [0.29, 0.717) is 6.07 Å². The summed E-state index contributed by atoms with van der Waals surface area (Å²) in [6, 6.07) is 2.35. The second-order valence-electron chi connectivity index (χ2n) is 10.1. The number of hydrogen-bond donors (Lipinski definition) is 2. The molecule has 2 fully saturated rings. The summed E-state index contributed by atoms with van der Waals surface area (Å²) in [7, 11) is 0. The molecule has 3 aromatic rings. The third-order valence-electron chi connectivity index (χ3n) is 7.25. The molecule has 3 N–H and O–H groups in total. The Morgan fingerprint density at radius 1 is 1.17 bits per heavy atom. The Balaban J connectivity index is 1.44. The number of nitrogens with one attached hydrogen (secondary N) is 1. The number of benzene rings is 1. The molecular formula is C25H22F8N6O3. The van der Waals surface area contributed by atoms with Gasteiger partial charge in [0.25, 0.3) is 5.91 Å². The van der Waals surface area contributed by atoms with E-state index in [4.69, 9.17) is 5.73 Å². The number of carbonyl (C=O) groups excluding carboxylic acids is 2. The van der Waals surface area contributed by atoms with Crippen LogP contribution >= 0.6 is 0 Å². The average Bonchev–Trinajstić information content (AvgIpc) is 3.58. The van der Waals surface area contributed by atoms with Gasteiger partial charge in [0.2, 0.25) is 11.8 Å². The number of nitrogens with zero attached hydrogens (tertiary/aromatic N) is 4. The Morgan fingerprint density at radius 3 is 2.55 bits per heavy atom. The summed E-state index contributed by atoms with van der Waals surface area (Å²) in [5, 5.41) is 6.09. The van der Waals surface area contributed by atoms with E-state index in [1.807, 2.05) is 0 Å². The van der Waals surface area contributed by atoms with E-state index in [1.165, 1.54) is 0 Å². The predicted molar refractivity (Wildman–Crippen MR) is 129 cm³/mol. The van der Waals surface area contributed by atoms with Crippen molar-refractivity contribution < 1.29 is 49.4 Å². The highest BCUT2D eigenvalue weighted by Gasteiger charge is 2.46. The van der Waals surface area contributed by atoms with Gasteiger partial charge >= 0.3 is 12.8 Å². The summed E-state index contributed by atoms with van der Waals surface area (Å²) in [5.41, 5.74) is 3.00. The van der Waals surface area contributed by atoms with Crippen molar-refractivity contribution in [2.75, 3.05) is 18.8 Å². The van der Waals surface area contributed by atoms with Crippen molar-refractivity contribution in [2.24, 2.45) is 5.92 Å². The number of likely N-dealkylation sites (tertiary alicyclic amines) is 1.